The highest BCUT2D eigenvalue weighted by Gasteiger charge is 2.20. The lowest BCUT2D eigenvalue weighted by molar-refractivity contribution is -0.136. The summed E-state index contributed by atoms with van der Waals surface area (Å²) < 4.78 is 5.51. The van der Waals surface area contributed by atoms with Crippen LogP contribution in [0.15, 0.2) is 60.8 Å². The average Bonchev–Trinajstić information content (AvgIpc) is 3.12. The summed E-state index contributed by atoms with van der Waals surface area (Å²) in [5.41, 5.74) is 2.37. The molecule has 0 atom stereocenters. The first-order valence-electron chi connectivity index (χ1n) is 9.03. The second-order valence-electron chi connectivity index (χ2n) is 6.74. The molecule has 0 unspecified atom stereocenters. The van der Waals surface area contributed by atoms with Crippen LogP contribution in [-0.2, 0) is 11.3 Å². The van der Waals surface area contributed by atoms with Crippen molar-refractivity contribution in [2.24, 2.45) is 0 Å². The average molecular weight is 349 g/mol. The molecule has 1 fully saturated rings. The minimum atomic E-state index is -0.198. The molecule has 134 valence electrons. The van der Waals surface area contributed by atoms with E-state index in [1.165, 1.54) is 5.56 Å². The molecule has 0 amide bonds. The molecule has 0 saturated carbocycles. The quantitative estimate of drug-likeness (QED) is 0.568. The molecular formula is C21H23N3O2. The highest BCUT2D eigenvalue weighted by Crippen LogP contribution is 2.20. The van der Waals surface area contributed by atoms with Gasteiger partial charge in [-0.2, -0.15) is 0 Å². The van der Waals surface area contributed by atoms with Gasteiger partial charge in [-0.3, -0.25) is 14.6 Å². The van der Waals surface area contributed by atoms with Gasteiger partial charge in [0.2, 0.25) is 0 Å². The van der Waals surface area contributed by atoms with Crippen LogP contribution in [0.25, 0.3) is 10.9 Å². The van der Waals surface area contributed by atoms with Crippen molar-refractivity contribution in [2.75, 3.05) is 32.7 Å². The Kier molecular flexibility index (Phi) is 5.00. The maximum atomic E-state index is 12.2. The summed E-state index contributed by atoms with van der Waals surface area (Å²) >= 11 is 0. The maximum absolute atomic E-state index is 12.2. The van der Waals surface area contributed by atoms with E-state index in [9.17, 15) is 4.79 Å². The number of esters is 1. The molecule has 1 saturated heterocycles. The van der Waals surface area contributed by atoms with E-state index in [-0.39, 0.29) is 5.97 Å². The second-order valence-corrected chi connectivity index (χ2v) is 6.74. The number of rotatable bonds is 5. The van der Waals surface area contributed by atoms with E-state index in [4.69, 9.17) is 4.74 Å². The molecule has 2 heterocycles. The zero-order valence-electron chi connectivity index (χ0n) is 14.7. The molecule has 0 radical (unpaired) electrons. The Bertz CT molecular complexity index is 867. The van der Waals surface area contributed by atoms with Crippen LogP contribution in [0.3, 0.4) is 0 Å². The third-order valence-electron chi connectivity index (χ3n) is 4.82. The van der Waals surface area contributed by atoms with Gasteiger partial charge in [-0.15, -0.1) is 0 Å². The molecule has 1 aliphatic rings. The lowest BCUT2D eigenvalue weighted by Gasteiger charge is -2.34. The summed E-state index contributed by atoms with van der Waals surface area (Å²) in [6, 6.07) is 18.1. The summed E-state index contributed by atoms with van der Waals surface area (Å²) in [6.07, 6.45) is 1.88. The van der Waals surface area contributed by atoms with Crippen molar-refractivity contribution < 1.29 is 9.53 Å². The number of hydrogen-bond acceptors (Lipinski definition) is 4. The van der Waals surface area contributed by atoms with Gasteiger partial charge in [0, 0.05) is 49.8 Å². The van der Waals surface area contributed by atoms with Gasteiger partial charge in [-0.05, 0) is 29.8 Å². The van der Waals surface area contributed by atoms with E-state index < -0.39 is 0 Å². The number of nitrogens with zero attached hydrogens (tertiary/aromatic N) is 2. The fraction of sp³-hybridized carbons (Fsp3) is 0.286. The van der Waals surface area contributed by atoms with Crippen molar-refractivity contribution in [3.05, 3.63) is 66.4 Å². The Balaban J connectivity index is 1.25. The molecule has 0 aliphatic carbocycles. The number of aromatic amines is 1. The Labute approximate surface area is 153 Å². The largest absolute Gasteiger partial charge is 0.426 e. The number of carbonyl (C=O) groups is 1. The molecule has 3 aromatic rings. The maximum Gasteiger partial charge on any atom is 0.325 e. The van der Waals surface area contributed by atoms with Gasteiger partial charge in [0.15, 0.2) is 0 Å². The van der Waals surface area contributed by atoms with Gasteiger partial charge >= 0.3 is 5.97 Å². The lowest BCUT2D eigenvalue weighted by Crippen LogP contribution is -2.48. The first-order valence-corrected chi connectivity index (χ1v) is 9.03. The minimum absolute atomic E-state index is 0.198. The molecule has 0 bridgehead atoms. The van der Waals surface area contributed by atoms with Crippen LogP contribution in [0, 0.1) is 0 Å². The molecule has 4 rings (SSSR count). The number of hydrogen-bond donors (Lipinski definition) is 1. The van der Waals surface area contributed by atoms with Gasteiger partial charge < -0.3 is 9.72 Å². The normalized spacial score (nSPS) is 16.0. The van der Waals surface area contributed by atoms with Crippen LogP contribution in [0.5, 0.6) is 5.75 Å². The van der Waals surface area contributed by atoms with Crippen LogP contribution in [-0.4, -0.2) is 53.5 Å². The lowest BCUT2D eigenvalue weighted by atomic mass is 10.2. The van der Waals surface area contributed by atoms with Crippen molar-refractivity contribution in [1.82, 2.24) is 14.8 Å². The summed E-state index contributed by atoms with van der Waals surface area (Å²) in [5, 5.41) is 1.05. The summed E-state index contributed by atoms with van der Waals surface area (Å²) in [7, 11) is 0. The van der Waals surface area contributed by atoms with Crippen LogP contribution in [0.4, 0.5) is 0 Å². The van der Waals surface area contributed by atoms with Gasteiger partial charge in [0.1, 0.15) is 5.75 Å². The third-order valence-corrected chi connectivity index (χ3v) is 4.82. The third kappa shape index (κ3) is 4.12. The summed E-state index contributed by atoms with van der Waals surface area (Å²) in [5.74, 6) is 0.404. The highest BCUT2D eigenvalue weighted by atomic mass is 16.5. The Morgan fingerprint density at radius 3 is 2.54 bits per heavy atom. The molecule has 1 aromatic heterocycles. The van der Waals surface area contributed by atoms with Gasteiger partial charge in [0.25, 0.3) is 0 Å². The number of aromatic nitrogens is 1. The van der Waals surface area contributed by atoms with Gasteiger partial charge in [-0.25, -0.2) is 0 Å². The van der Waals surface area contributed by atoms with Crippen molar-refractivity contribution >= 4 is 16.9 Å². The number of nitrogens with one attached hydrogen (secondary N) is 1. The van der Waals surface area contributed by atoms with E-state index in [0.717, 1.165) is 43.6 Å². The number of fused-ring (bicyclic) bond motifs is 1. The Morgan fingerprint density at radius 2 is 1.73 bits per heavy atom. The standard InChI is InChI=1S/C21H23N3O2/c25-21(26-19-6-7-20-18(14-19)8-9-22-20)16-24-12-10-23(11-13-24)15-17-4-2-1-3-5-17/h1-9,14,22H,10-13,15-16H2. The van der Waals surface area contributed by atoms with Gasteiger partial charge in [-0.1, -0.05) is 30.3 Å². The molecule has 0 spiro atoms. The highest BCUT2D eigenvalue weighted by molar-refractivity contribution is 5.82. The van der Waals surface area contributed by atoms with Crippen molar-refractivity contribution in [3.63, 3.8) is 0 Å². The second kappa shape index (κ2) is 7.72. The van der Waals surface area contributed by atoms with Crippen molar-refractivity contribution in [1.29, 1.82) is 0 Å². The molecule has 5 nitrogen and oxygen atoms in total. The van der Waals surface area contributed by atoms with E-state index in [1.54, 1.807) is 0 Å². The predicted octanol–water partition coefficient (Wildman–Crippen LogP) is 2.89. The summed E-state index contributed by atoms with van der Waals surface area (Å²) in [6.45, 7) is 5.02. The van der Waals surface area contributed by atoms with Gasteiger partial charge in [0.05, 0.1) is 6.54 Å². The van der Waals surface area contributed by atoms with Crippen molar-refractivity contribution in [2.45, 2.75) is 6.54 Å². The van der Waals surface area contributed by atoms with E-state index in [1.807, 2.05) is 36.5 Å². The van der Waals surface area contributed by atoms with E-state index >= 15 is 0 Å². The smallest absolute Gasteiger partial charge is 0.325 e. The molecule has 1 aliphatic heterocycles. The number of piperazine rings is 1. The topological polar surface area (TPSA) is 48.6 Å². The Hall–Kier alpha value is -2.63. The first-order chi connectivity index (χ1) is 12.8. The number of carbonyl (C=O) groups excluding carboxylic acids is 1. The number of benzene rings is 2. The zero-order valence-corrected chi connectivity index (χ0v) is 14.7. The molecule has 2 aromatic carbocycles. The molecular weight excluding hydrogens is 326 g/mol. The van der Waals surface area contributed by atoms with Crippen LogP contribution in [0.1, 0.15) is 5.56 Å². The summed E-state index contributed by atoms with van der Waals surface area (Å²) in [4.78, 5) is 20.0. The monoisotopic (exact) mass is 349 g/mol. The van der Waals surface area contributed by atoms with E-state index in [2.05, 4.69) is 39.0 Å². The van der Waals surface area contributed by atoms with Crippen LogP contribution < -0.4 is 4.74 Å². The SMILES string of the molecule is O=C(CN1CCN(Cc2ccccc2)CC1)Oc1ccc2[nH]ccc2c1. The molecule has 5 heteroatoms. The van der Waals surface area contributed by atoms with Crippen molar-refractivity contribution in [3.8, 4) is 5.75 Å². The van der Waals surface area contributed by atoms with Crippen LogP contribution >= 0.6 is 0 Å². The molecule has 26 heavy (non-hydrogen) atoms. The first kappa shape index (κ1) is 16.8. The number of H-pyrrole nitrogens is 1. The van der Waals surface area contributed by atoms with E-state index in [0.29, 0.717) is 12.3 Å². The fourth-order valence-corrected chi connectivity index (χ4v) is 3.39. The Morgan fingerprint density at radius 1 is 0.962 bits per heavy atom. The fourth-order valence-electron chi connectivity index (χ4n) is 3.39. The van der Waals surface area contributed by atoms with Crippen LogP contribution in [0.2, 0.25) is 0 Å². The molecule has 1 N–H and O–H groups in total. The zero-order chi connectivity index (χ0) is 17.8. The predicted molar refractivity (Wildman–Crippen MR) is 102 cm³/mol. The number of ether oxygens (including phenoxy) is 1. The minimum Gasteiger partial charge on any atom is -0.426 e.